The number of carbonyl (C=O) groups excluding carboxylic acids is 3. The third-order valence-electron chi connectivity index (χ3n) is 5.17. The van der Waals surface area contributed by atoms with Gasteiger partial charge in [-0.1, -0.05) is 70.9 Å². The maximum atomic E-state index is 13.4. The van der Waals surface area contributed by atoms with Crippen LogP contribution in [-0.4, -0.2) is 35.2 Å². The summed E-state index contributed by atoms with van der Waals surface area (Å²) in [6.07, 6.45) is 3.00. The fraction of sp³-hybridized carbons (Fsp3) is 0.591. The van der Waals surface area contributed by atoms with Crippen molar-refractivity contribution in [2.75, 3.05) is 0 Å². The van der Waals surface area contributed by atoms with E-state index in [1.54, 1.807) is 30.3 Å². The standard InChI is InChI=1S/C22H34N2O4/c1-5-6-12-18(23)20(26)16(4)22(28,17-10-8-7-9-11-17)21(27)19(24-14-25)13-15(2)3/h7-11,14-16,18-19,28H,5-6,12-13,23H2,1-4H3,(H,24,25). The number of nitrogens with one attached hydrogen (secondary N) is 1. The van der Waals surface area contributed by atoms with E-state index in [0.717, 1.165) is 12.8 Å². The maximum absolute atomic E-state index is 13.4. The van der Waals surface area contributed by atoms with Crippen molar-refractivity contribution in [1.29, 1.82) is 0 Å². The zero-order chi connectivity index (χ0) is 21.3. The third-order valence-corrected chi connectivity index (χ3v) is 5.17. The van der Waals surface area contributed by atoms with E-state index < -0.39 is 29.4 Å². The monoisotopic (exact) mass is 390 g/mol. The van der Waals surface area contributed by atoms with E-state index in [2.05, 4.69) is 5.32 Å². The van der Waals surface area contributed by atoms with E-state index in [9.17, 15) is 19.5 Å². The predicted octanol–water partition coefficient (Wildman–Crippen LogP) is 2.33. The number of rotatable bonds is 13. The molecule has 0 aromatic heterocycles. The summed E-state index contributed by atoms with van der Waals surface area (Å²) < 4.78 is 0. The lowest BCUT2D eigenvalue weighted by atomic mass is 9.72. The van der Waals surface area contributed by atoms with Crippen LogP contribution >= 0.6 is 0 Å². The molecule has 28 heavy (non-hydrogen) atoms. The number of amides is 1. The fourth-order valence-electron chi connectivity index (χ4n) is 3.46. The first kappa shape index (κ1) is 24.0. The van der Waals surface area contributed by atoms with Crippen LogP contribution in [-0.2, 0) is 20.0 Å². The molecule has 4 atom stereocenters. The first-order chi connectivity index (χ1) is 13.2. The third kappa shape index (κ3) is 5.72. The molecule has 0 aliphatic carbocycles. The van der Waals surface area contributed by atoms with Crippen LogP contribution in [0.25, 0.3) is 0 Å². The Morgan fingerprint density at radius 3 is 2.32 bits per heavy atom. The topological polar surface area (TPSA) is 109 Å². The van der Waals surface area contributed by atoms with Crippen LogP contribution in [0.3, 0.4) is 0 Å². The fourth-order valence-corrected chi connectivity index (χ4v) is 3.46. The summed E-state index contributed by atoms with van der Waals surface area (Å²) in [6.45, 7) is 7.38. The van der Waals surface area contributed by atoms with E-state index in [1.807, 2.05) is 20.8 Å². The SMILES string of the molecule is CCCCC(N)C(=O)C(C)C(O)(C(=O)C(CC(C)C)NC=O)c1ccccc1. The highest BCUT2D eigenvalue weighted by Crippen LogP contribution is 2.34. The molecule has 156 valence electrons. The largest absolute Gasteiger partial charge is 0.376 e. The minimum atomic E-state index is -2.07. The van der Waals surface area contributed by atoms with Crippen molar-refractivity contribution >= 4 is 18.0 Å². The number of hydrogen-bond acceptors (Lipinski definition) is 5. The molecule has 0 aliphatic heterocycles. The van der Waals surface area contributed by atoms with Gasteiger partial charge in [-0.3, -0.25) is 14.4 Å². The molecule has 6 nitrogen and oxygen atoms in total. The lowest BCUT2D eigenvalue weighted by molar-refractivity contribution is -0.154. The predicted molar refractivity (Wildman–Crippen MR) is 109 cm³/mol. The summed E-state index contributed by atoms with van der Waals surface area (Å²) in [5, 5.41) is 14.1. The quantitative estimate of drug-likeness (QED) is 0.448. The second kappa shape index (κ2) is 11.1. The second-order valence-electron chi connectivity index (χ2n) is 7.84. The molecular formula is C22H34N2O4. The summed E-state index contributed by atoms with van der Waals surface area (Å²) in [4.78, 5) is 37.4. The number of aliphatic hydroxyl groups is 1. The van der Waals surface area contributed by atoms with E-state index in [4.69, 9.17) is 5.73 Å². The second-order valence-corrected chi connectivity index (χ2v) is 7.84. The number of unbranched alkanes of at least 4 members (excludes halogenated alkanes) is 1. The van der Waals surface area contributed by atoms with E-state index in [0.29, 0.717) is 24.8 Å². The Labute approximate surface area is 167 Å². The van der Waals surface area contributed by atoms with Crippen LogP contribution in [0.15, 0.2) is 30.3 Å². The number of carbonyl (C=O) groups is 3. The summed E-state index contributed by atoms with van der Waals surface area (Å²) in [7, 11) is 0. The van der Waals surface area contributed by atoms with Crippen LogP contribution < -0.4 is 11.1 Å². The Kier molecular flexibility index (Phi) is 9.49. The lowest BCUT2D eigenvalue weighted by Crippen LogP contribution is -2.55. The molecule has 0 radical (unpaired) electrons. The minimum Gasteiger partial charge on any atom is -0.376 e. The van der Waals surface area contributed by atoms with Gasteiger partial charge in [-0.15, -0.1) is 0 Å². The molecule has 1 amide bonds. The molecule has 0 aliphatic rings. The molecule has 0 fully saturated rings. The average Bonchev–Trinajstić information content (AvgIpc) is 2.69. The van der Waals surface area contributed by atoms with Gasteiger partial charge in [0.2, 0.25) is 6.41 Å². The molecule has 0 bridgehead atoms. The number of ketones is 2. The Morgan fingerprint density at radius 1 is 1.21 bits per heavy atom. The van der Waals surface area contributed by atoms with Crippen LogP contribution in [0, 0.1) is 11.8 Å². The van der Waals surface area contributed by atoms with Crippen molar-refractivity contribution in [1.82, 2.24) is 5.32 Å². The molecule has 0 saturated heterocycles. The molecule has 0 spiro atoms. The summed E-state index contributed by atoms with van der Waals surface area (Å²) in [6, 6.07) is 6.76. The summed E-state index contributed by atoms with van der Waals surface area (Å²) in [5.74, 6) is -1.89. The van der Waals surface area contributed by atoms with Crippen molar-refractivity contribution in [2.45, 2.75) is 71.1 Å². The molecule has 4 N–H and O–H groups in total. The molecule has 0 saturated carbocycles. The Bertz CT molecular complexity index is 647. The molecule has 6 heteroatoms. The molecular weight excluding hydrogens is 356 g/mol. The molecule has 4 unspecified atom stereocenters. The van der Waals surface area contributed by atoms with Crippen molar-refractivity contribution in [3.8, 4) is 0 Å². The molecule has 0 heterocycles. The van der Waals surface area contributed by atoms with Gasteiger partial charge in [-0.25, -0.2) is 0 Å². The van der Waals surface area contributed by atoms with Crippen molar-refractivity contribution in [3.05, 3.63) is 35.9 Å². The van der Waals surface area contributed by atoms with Gasteiger partial charge in [-0.05, 0) is 24.3 Å². The number of Topliss-reactive ketones (excluding diaryl/α,β-unsaturated/α-hetero) is 2. The molecule has 1 rings (SSSR count). The van der Waals surface area contributed by atoms with Gasteiger partial charge in [0, 0.05) is 0 Å². The van der Waals surface area contributed by atoms with Gasteiger partial charge < -0.3 is 16.2 Å². The minimum absolute atomic E-state index is 0.110. The summed E-state index contributed by atoms with van der Waals surface area (Å²) >= 11 is 0. The van der Waals surface area contributed by atoms with Crippen molar-refractivity contribution in [3.63, 3.8) is 0 Å². The highest BCUT2D eigenvalue weighted by molar-refractivity contribution is 6.00. The normalized spacial score (nSPS) is 16.7. The van der Waals surface area contributed by atoms with Crippen molar-refractivity contribution in [2.24, 2.45) is 17.6 Å². The maximum Gasteiger partial charge on any atom is 0.207 e. The van der Waals surface area contributed by atoms with Crippen LogP contribution in [0.4, 0.5) is 0 Å². The van der Waals surface area contributed by atoms with Crippen molar-refractivity contribution < 1.29 is 19.5 Å². The van der Waals surface area contributed by atoms with Gasteiger partial charge in [0.1, 0.15) is 0 Å². The first-order valence-corrected chi connectivity index (χ1v) is 10.0. The van der Waals surface area contributed by atoms with E-state index in [1.165, 1.54) is 6.92 Å². The zero-order valence-electron chi connectivity index (χ0n) is 17.4. The van der Waals surface area contributed by atoms with Crippen LogP contribution in [0.5, 0.6) is 0 Å². The van der Waals surface area contributed by atoms with Gasteiger partial charge in [0.05, 0.1) is 18.0 Å². The number of benzene rings is 1. The van der Waals surface area contributed by atoms with Gasteiger partial charge in [0.25, 0.3) is 0 Å². The highest BCUT2D eigenvalue weighted by Gasteiger charge is 2.49. The van der Waals surface area contributed by atoms with Gasteiger partial charge in [0.15, 0.2) is 17.2 Å². The number of hydrogen-bond donors (Lipinski definition) is 3. The smallest absolute Gasteiger partial charge is 0.207 e. The van der Waals surface area contributed by atoms with Crippen LogP contribution in [0.1, 0.15) is 58.9 Å². The van der Waals surface area contributed by atoms with Gasteiger partial charge >= 0.3 is 0 Å². The lowest BCUT2D eigenvalue weighted by Gasteiger charge is -2.36. The average molecular weight is 391 g/mol. The zero-order valence-corrected chi connectivity index (χ0v) is 17.4. The Balaban J connectivity index is 3.35. The Morgan fingerprint density at radius 2 is 1.82 bits per heavy atom. The van der Waals surface area contributed by atoms with E-state index in [-0.39, 0.29) is 11.7 Å². The molecule has 1 aromatic carbocycles. The first-order valence-electron chi connectivity index (χ1n) is 10.0. The van der Waals surface area contributed by atoms with E-state index >= 15 is 0 Å². The molecule has 1 aromatic rings. The number of nitrogens with two attached hydrogens (primary N) is 1. The highest BCUT2D eigenvalue weighted by atomic mass is 16.3. The summed E-state index contributed by atoms with van der Waals surface area (Å²) in [5.41, 5.74) is 4.30. The van der Waals surface area contributed by atoms with Crippen LogP contribution in [0.2, 0.25) is 0 Å². The Hall–Kier alpha value is -2.05. The van der Waals surface area contributed by atoms with Gasteiger partial charge in [-0.2, -0.15) is 0 Å².